The number of hydrogen-bond acceptors (Lipinski definition) is 3. The number of hydrogen-bond donors (Lipinski definition) is 2. The summed E-state index contributed by atoms with van der Waals surface area (Å²) in [4.78, 5) is 15.9. The molecule has 0 spiro atoms. The number of aryl methyl sites for hydroxylation is 1. The fourth-order valence-corrected chi connectivity index (χ4v) is 1.59. The first-order valence-electron chi connectivity index (χ1n) is 5.54. The number of carbonyl (C=O) groups excluding carboxylic acids is 1. The van der Waals surface area contributed by atoms with E-state index in [-0.39, 0.29) is 11.8 Å². The molecule has 2 aromatic rings. The second-order valence-corrected chi connectivity index (χ2v) is 4.18. The lowest BCUT2D eigenvalue weighted by molar-refractivity contribution is -0.119. The van der Waals surface area contributed by atoms with E-state index >= 15 is 0 Å². The smallest absolute Gasteiger partial charge is 0.228 e. The third-order valence-corrected chi connectivity index (χ3v) is 2.79. The van der Waals surface area contributed by atoms with E-state index in [4.69, 9.17) is 5.73 Å². The van der Waals surface area contributed by atoms with Gasteiger partial charge in [-0.15, -0.1) is 0 Å². The van der Waals surface area contributed by atoms with Crippen LogP contribution < -0.4 is 11.1 Å². The second-order valence-electron chi connectivity index (χ2n) is 4.18. The van der Waals surface area contributed by atoms with Crippen LogP contribution in [0.25, 0.3) is 11.0 Å². The van der Waals surface area contributed by atoms with Gasteiger partial charge in [0, 0.05) is 25.2 Å². The first-order valence-corrected chi connectivity index (χ1v) is 5.54. The van der Waals surface area contributed by atoms with Crippen molar-refractivity contribution in [1.82, 2.24) is 9.55 Å². The lowest BCUT2D eigenvalue weighted by Gasteiger charge is -2.09. The predicted octanol–water partition coefficient (Wildman–Crippen LogP) is 1.11. The summed E-state index contributed by atoms with van der Waals surface area (Å²) in [7, 11) is 1.93. The molecule has 1 aromatic heterocycles. The summed E-state index contributed by atoms with van der Waals surface area (Å²) in [6.07, 6.45) is 1.75. The van der Waals surface area contributed by atoms with Gasteiger partial charge in [0.2, 0.25) is 5.91 Å². The molecule has 1 amide bonds. The molecule has 0 radical (unpaired) electrons. The SMILES string of the molecule is CC(CN)C(=O)Nc1ccc2c(c1)ncn2C. The minimum absolute atomic E-state index is 0.0669. The number of carbonyl (C=O) groups is 1. The standard InChI is InChI=1S/C12H16N4O/c1-8(6-13)12(17)15-9-3-4-11-10(5-9)14-7-16(11)2/h3-5,7-8H,6,13H2,1-2H3,(H,15,17). The maximum Gasteiger partial charge on any atom is 0.228 e. The molecule has 17 heavy (non-hydrogen) atoms. The summed E-state index contributed by atoms with van der Waals surface area (Å²) in [5.41, 5.74) is 8.10. The molecule has 0 fully saturated rings. The highest BCUT2D eigenvalue weighted by atomic mass is 16.1. The van der Waals surface area contributed by atoms with E-state index in [0.29, 0.717) is 6.54 Å². The third kappa shape index (κ3) is 2.29. The summed E-state index contributed by atoms with van der Waals surface area (Å²) in [6, 6.07) is 5.66. The second kappa shape index (κ2) is 4.55. The zero-order valence-electron chi connectivity index (χ0n) is 9.97. The molecule has 5 nitrogen and oxygen atoms in total. The quantitative estimate of drug-likeness (QED) is 0.832. The highest BCUT2D eigenvalue weighted by molar-refractivity contribution is 5.94. The monoisotopic (exact) mass is 232 g/mol. The number of fused-ring (bicyclic) bond motifs is 1. The first-order chi connectivity index (χ1) is 8.11. The molecule has 0 aliphatic heterocycles. The summed E-state index contributed by atoms with van der Waals surface area (Å²) in [5.74, 6) is -0.253. The Labute approximate surface area is 99.6 Å². The number of benzene rings is 1. The third-order valence-electron chi connectivity index (χ3n) is 2.79. The average molecular weight is 232 g/mol. The first kappa shape index (κ1) is 11.6. The number of nitrogens with zero attached hydrogens (tertiary/aromatic N) is 2. The van der Waals surface area contributed by atoms with Crippen molar-refractivity contribution in [3.05, 3.63) is 24.5 Å². The van der Waals surface area contributed by atoms with E-state index in [0.717, 1.165) is 16.7 Å². The van der Waals surface area contributed by atoms with Crippen LogP contribution in [0.5, 0.6) is 0 Å². The molecule has 1 atom stereocenters. The topological polar surface area (TPSA) is 72.9 Å². The van der Waals surface area contributed by atoms with Crippen LogP contribution in [0.3, 0.4) is 0 Å². The van der Waals surface area contributed by atoms with Crippen molar-refractivity contribution in [3.63, 3.8) is 0 Å². The van der Waals surface area contributed by atoms with Crippen LogP contribution in [0.1, 0.15) is 6.92 Å². The van der Waals surface area contributed by atoms with Crippen molar-refractivity contribution in [1.29, 1.82) is 0 Å². The maximum absolute atomic E-state index is 11.7. The zero-order valence-corrected chi connectivity index (χ0v) is 9.97. The van der Waals surface area contributed by atoms with Gasteiger partial charge in [-0.25, -0.2) is 4.98 Å². The van der Waals surface area contributed by atoms with Gasteiger partial charge < -0.3 is 15.6 Å². The number of imidazole rings is 1. The lowest BCUT2D eigenvalue weighted by Crippen LogP contribution is -2.26. The number of amides is 1. The van der Waals surface area contributed by atoms with E-state index in [1.165, 1.54) is 0 Å². The summed E-state index contributed by atoms with van der Waals surface area (Å²) in [6.45, 7) is 2.15. The Morgan fingerprint density at radius 3 is 3.06 bits per heavy atom. The fourth-order valence-electron chi connectivity index (χ4n) is 1.59. The highest BCUT2D eigenvalue weighted by Gasteiger charge is 2.11. The lowest BCUT2D eigenvalue weighted by atomic mass is 10.1. The van der Waals surface area contributed by atoms with Gasteiger partial charge in [-0.2, -0.15) is 0 Å². The largest absolute Gasteiger partial charge is 0.334 e. The normalized spacial score (nSPS) is 12.6. The van der Waals surface area contributed by atoms with Gasteiger partial charge in [0.1, 0.15) is 0 Å². The van der Waals surface area contributed by atoms with Crippen molar-refractivity contribution in [2.75, 3.05) is 11.9 Å². The Morgan fingerprint density at radius 2 is 2.35 bits per heavy atom. The number of aromatic nitrogens is 2. The number of rotatable bonds is 3. The van der Waals surface area contributed by atoms with E-state index in [1.54, 1.807) is 13.3 Å². The Hall–Kier alpha value is -1.88. The molecule has 1 unspecified atom stereocenters. The van der Waals surface area contributed by atoms with Gasteiger partial charge in [0.15, 0.2) is 0 Å². The highest BCUT2D eigenvalue weighted by Crippen LogP contribution is 2.17. The number of nitrogens with two attached hydrogens (primary N) is 1. The molecule has 2 rings (SSSR count). The molecule has 5 heteroatoms. The van der Waals surface area contributed by atoms with Gasteiger partial charge in [-0.05, 0) is 18.2 Å². The van der Waals surface area contributed by atoms with Crippen LogP contribution in [0.4, 0.5) is 5.69 Å². The van der Waals surface area contributed by atoms with E-state index in [2.05, 4.69) is 10.3 Å². The molecule has 0 saturated carbocycles. The van der Waals surface area contributed by atoms with Gasteiger partial charge in [-0.3, -0.25) is 4.79 Å². The van der Waals surface area contributed by atoms with Crippen LogP contribution in [0.15, 0.2) is 24.5 Å². The average Bonchev–Trinajstić information content (AvgIpc) is 2.69. The number of nitrogens with one attached hydrogen (secondary N) is 1. The maximum atomic E-state index is 11.7. The van der Waals surface area contributed by atoms with Crippen molar-refractivity contribution < 1.29 is 4.79 Å². The van der Waals surface area contributed by atoms with E-state index < -0.39 is 0 Å². The predicted molar refractivity (Wildman–Crippen MR) is 67.6 cm³/mol. The number of anilines is 1. The van der Waals surface area contributed by atoms with Crippen molar-refractivity contribution in [2.45, 2.75) is 6.92 Å². The van der Waals surface area contributed by atoms with Crippen LogP contribution in [-0.4, -0.2) is 22.0 Å². The van der Waals surface area contributed by atoms with Crippen molar-refractivity contribution in [3.8, 4) is 0 Å². The molecule has 0 bridgehead atoms. The van der Waals surface area contributed by atoms with Crippen LogP contribution in [0.2, 0.25) is 0 Å². The van der Waals surface area contributed by atoms with E-state index in [1.807, 2.05) is 29.8 Å². The van der Waals surface area contributed by atoms with Gasteiger partial charge in [-0.1, -0.05) is 6.92 Å². The Bertz CT molecular complexity index is 546. The zero-order chi connectivity index (χ0) is 12.4. The molecule has 0 saturated heterocycles. The summed E-state index contributed by atoms with van der Waals surface area (Å²) < 4.78 is 1.93. The Kier molecular flexibility index (Phi) is 3.10. The molecular weight excluding hydrogens is 216 g/mol. The molecule has 1 heterocycles. The van der Waals surface area contributed by atoms with Gasteiger partial charge in [0.25, 0.3) is 0 Å². The molecular formula is C12H16N4O. The summed E-state index contributed by atoms with van der Waals surface area (Å²) in [5, 5.41) is 2.83. The molecule has 90 valence electrons. The minimum atomic E-state index is -0.186. The van der Waals surface area contributed by atoms with Crippen molar-refractivity contribution >= 4 is 22.6 Å². The Morgan fingerprint density at radius 1 is 1.59 bits per heavy atom. The minimum Gasteiger partial charge on any atom is -0.334 e. The molecule has 3 N–H and O–H groups in total. The molecule has 0 aliphatic rings. The van der Waals surface area contributed by atoms with Crippen LogP contribution in [-0.2, 0) is 11.8 Å². The van der Waals surface area contributed by atoms with E-state index in [9.17, 15) is 4.79 Å². The fraction of sp³-hybridized carbons (Fsp3) is 0.333. The Balaban J connectivity index is 2.22. The summed E-state index contributed by atoms with van der Waals surface area (Å²) >= 11 is 0. The molecule has 1 aromatic carbocycles. The molecule has 0 aliphatic carbocycles. The van der Waals surface area contributed by atoms with Crippen LogP contribution in [0, 0.1) is 5.92 Å². The van der Waals surface area contributed by atoms with Crippen molar-refractivity contribution in [2.24, 2.45) is 18.7 Å². The van der Waals surface area contributed by atoms with Gasteiger partial charge in [0.05, 0.1) is 17.4 Å². The van der Waals surface area contributed by atoms with Gasteiger partial charge >= 0.3 is 0 Å². The van der Waals surface area contributed by atoms with Crippen LogP contribution >= 0.6 is 0 Å².